The highest BCUT2D eigenvalue weighted by Crippen LogP contribution is 2.30. The molecule has 0 saturated carbocycles. The molecule has 0 aliphatic rings. The van der Waals surface area contributed by atoms with Gasteiger partial charge < -0.3 is 5.73 Å². The summed E-state index contributed by atoms with van der Waals surface area (Å²) in [5, 5.41) is 12.0. The number of nitrogens with zero attached hydrogens (tertiary/aromatic N) is 1. The standard InChI is InChI=1S/C31H54N2O3/c1-3-5-7-9-11-13-15-17-19-21-23-27-25-26-29(31(32)34)28(30(27)33(35)36)24-22-20-18-16-14-12-10-8-6-4-2/h25-26H,3-24H2,1-2H3,(H2,32,34). The quantitative estimate of drug-likeness (QED) is 0.0867. The lowest BCUT2D eigenvalue weighted by Gasteiger charge is -2.12. The predicted octanol–water partition coefficient (Wildman–Crippen LogP) is 9.62. The van der Waals surface area contributed by atoms with Crippen molar-refractivity contribution in [3.63, 3.8) is 0 Å². The number of rotatable bonds is 24. The van der Waals surface area contributed by atoms with Crippen LogP contribution in [0.4, 0.5) is 5.69 Å². The summed E-state index contributed by atoms with van der Waals surface area (Å²) < 4.78 is 0. The van der Waals surface area contributed by atoms with Crippen LogP contribution in [0.1, 0.15) is 164 Å². The molecule has 2 N–H and O–H groups in total. The Morgan fingerprint density at radius 1 is 0.667 bits per heavy atom. The molecule has 0 atom stereocenters. The van der Waals surface area contributed by atoms with E-state index in [-0.39, 0.29) is 10.6 Å². The Bertz CT molecular complexity index is 733. The zero-order valence-electron chi connectivity index (χ0n) is 23.5. The van der Waals surface area contributed by atoms with E-state index >= 15 is 0 Å². The second-order valence-corrected chi connectivity index (χ2v) is 10.6. The van der Waals surface area contributed by atoms with Crippen LogP contribution in [0.2, 0.25) is 0 Å². The predicted molar refractivity (Wildman–Crippen MR) is 153 cm³/mol. The minimum atomic E-state index is -0.564. The molecule has 5 nitrogen and oxygen atoms in total. The molecule has 1 amide bonds. The van der Waals surface area contributed by atoms with Crippen LogP contribution in [0, 0.1) is 10.1 Å². The number of carbonyl (C=O) groups excluding carboxylic acids is 1. The number of aryl methyl sites for hydroxylation is 1. The SMILES string of the molecule is CCCCCCCCCCCCc1ccc(C(N)=O)c(CCCCCCCCCCCC)c1[N+](=O)[O-]. The fourth-order valence-electron chi connectivity index (χ4n) is 5.19. The molecule has 0 bridgehead atoms. The van der Waals surface area contributed by atoms with Crippen molar-refractivity contribution in [3.8, 4) is 0 Å². The molecule has 0 aromatic heterocycles. The Morgan fingerprint density at radius 2 is 1.06 bits per heavy atom. The number of benzene rings is 1. The summed E-state index contributed by atoms with van der Waals surface area (Å²) in [6, 6.07) is 3.47. The number of nitro benzene ring substituents is 1. The van der Waals surface area contributed by atoms with Crippen LogP contribution < -0.4 is 5.73 Å². The van der Waals surface area contributed by atoms with Gasteiger partial charge in [0.25, 0.3) is 5.69 Å². The lowest BCUT2D eigenvalue weighted by Crippen LogP contribution is -2.16. The van der Waals surface area contributed by atoms with Gasteiger partial charge in [-0.1, -0.05) is 135 Å². The molecule has 0 radical (unpaired) electrons. The van der Waals surface area contributed by atoms with Crippen LogP contribution in [-0.2, 0) is 12.8 Å². The third kappa shape index (κ3) is 14.0. The van der Waals surface area contributed by atoms with E-state index in [1.807, 2.05) is 0 Å². The molecule has 0 unspecified atom stereocenters. The third-order valence-electron chi connectivity index (χ3n) is 7.39. The number of primary amides is 1. The average molecular weight is 503 g/mol. The summed E-state index contributed by atoms with van der Waals surface area (Å²) in [5.74, 6) is -0.564. The minimum Gasteiger partial charge on any atom is -0.366 e. The van der Waals surface area contributed by atoms with Crippen LogP contribution in [0.15, 0.2) is 12.1 Å². The first-order valence-electron chi connectivity index (χ1n) is 15.1. The molecule has 36 heavy (non-hydrogen) atoms. The number of hydrogen-bond acceptors (Lipinski definition) is 3. The van der Waals surface area contributed by atoms with Crippen molar-refractivity contribution in [2.75, 3.05) is 0 Å². The lowest BCUT2D eigenvalue weighted by molar-refractivity contribution is -0.386. The monoisotopic (exact) mass is 502 g/mol. The highest BCUT2D eigenvalue weighted by Gasteiger charge is 2.24. The van der Waals surface area contributed by atoms with E-state index in [1.165, 1.54) is 96.3 Å². The van der Waals surface area contributed by atoms with Crippen molar-refractivity contribution in [2.24, 2.45) is 5.73 Å². The molecular weight excluding hydrogens is 448 g/mol. The van der Waals surface area contributed by atoms with E-state index in [0.717, 1.165) is 37.7 Å². The molecule has 206 valence electrons. The number of nitro groups is 1. The molecule has 5 heteroatoms. The van der Waals surface area contributed by atoms with Crippen molar-refractivity contribution < 1.29 is 9.72 Å². The van der Waals surface area contributed by atoms with Gasteiger partial charge in [-0.2, -0.15) is 0 Å². The van der Waals surface area contributed by atoms with Gasteiger partial charge in [0.15, 0.2) is 0 Å². The summed E-state index contributed by atoms with van der Waals surface area (Å²) in [6.07, 6.45) is 25.8. The molecule has 0 spiro atoms. The van der Waals surface area contributed by atoms with E-state index in [9.17, 15) is 14.9 Å². The Balaban J connectivity index is 2.51. The van der Waals surface area contributed by atoms with Crippen LogP contribution in [0.3, 0.4) is 0 Å². The molecule has 0 aliphatic carbocycles. The van der Waals surface area contributed by atoms with Crippen LogP contribution in [-0.4, -0.2) is 10.8 Å². The summed E-state index contributed by atoms with van der Waals surface area (Å²) in [6.45, 7) is 4.48. The third-order valence-corrected chi connectivity index (χ3v) is 7.39. The Kier molecular flexibility index (Phi) is 18.9. The number of hydrogen-bond donors (Lipinski definition) is 1. The molecule has 0 aliphatic heterocycles. The summed E-state index contributed by atoms with van der Waals surface area (Å²) in [4.78, 5) is 23.8. The molecule has 0 heterocycles. The topological polar surface area (TPSA) is 86.2 Å². The first-order chi connectivity index (χ1) is 17.5. The van der Waals surface area contributed by atoms with E-state index in [4.69, 9.17) is 5.73 Å². The second kappa shape index (κ2) is 21.2. The minimum absolute atomic E-state index is 0.137. The van der Waals surface area contributed by atoms with Crippen molar-refractivity contribution in [1.82, 2.24) is 0 Å². The number of carbonyl (C=O) groups is 1. The van der Waals surface area contributed by atoms with E-state index in [0.29, 0.717) is 24.0 Å². The molecule has 1 aromatic rings. The maximum absolute atomic E-state index is 12.0. The van der Waals surface area contributed by atoms with Gasteiger partial charge in [-0.3, -0.25) is 14.9 Å². The van der Waals surface area contributed by atoms with Gasteiger partial charge in [-0.05, 0) is 31.7 Å². The Morgan fingerprint density at radius 3 is 1.44 bits per heavy atom. The molecule has 0 fully saturated rings. The molecule has 0 saturated heterocycles. The van der Waals surface area contributed by atoms with Crippen molar-refractivity contribution in [1.29, 1.82) is 0 Å². The van der Waals surface area contributed by atoms with Crippen molar-refractivity contribution in [2.45, 2.75) is 155 Å². The maximum Gasteiger partial charge on any atom is 0.276 e. The van der Waals surface area contributed by atoms with Gasteiger partial charge in [-0.25, -0.2) is 0 Å². The average Bonchev–Trinajstić information content (AvgIpc) is 2.85. The summed E-state index contributed by atoms with van der Waals surface area (Å²) >= 11 is 0. The van der Waals surface area contributed by atoms with Gasteiger partial charge in [-0.15, -0.1) is 0 Å². The number of unbranched alkanes of at least 4 members (excludes halogenated alkanes) is 18. The smallest absolute Gasteiger partial charge is 0.276 e. The fraction of sp³-hybridized carbons (Fsp3) is 0.774. The van der Waals surface area contributed by atoms with Crippen LogP contribution >= 0.6 is 0 Å². The zero-order valence-corrected chi connectivity index (χ0v) is 23.5. The zero-order chi connectivity index (χ0) is 26.4. The molecular formula is C31H54N2O3. The largest absolute Gasteiger partial charge is 0.366 e. The first-order valence-corrected chi connectivity index (χ1v) is 15.1. The Hall–Kier alpha value is -1.91. The number of amides is 1. The first kappa shape index (κ1) is 32.1. The van der Waals surface area contributed by atoms with Gasteiger partial charge in [0, 0.05) is 16.7 Å². The maximum atomic E-state index is 12.0. The van der Waals surface area contributed by atoms with E-state index in [1.54, 1.807) is 12.1 Å². The molecule has 1 rings (SSSR count). The fourth-order valence-corrected chi connectivity index (χ4v) is 5.19. The van der Waals surface area contributed by atoms with Gasteiger partial charge in [0.1, 0.15) is 0 Å². The highest BCUT2D eigenvalue weighted by atomic mass is 16.6. The van der Waals surface area contributed by atoms with Crippen LogP contribution in [0.5, 0.6) is 0 Å². The van der Waals surface area contributed by atoms with Crippen molar-refractivity contribution >= 4 is 11.6 Å². The van der Waals surface area contributed by atoms with Crippen molar-refractivity contribution in [3.05, 3.63) is 38.9 Å². The van der Waals surface area contributed by atoms with Gasteiger partial charge >= 0.3 is 0 Å². The van der Waals surface area contributed by atoms with Gasteiger partial charge in [0.05, 0.1) is 4.92 Å². The van der Waals surface area contributed by atoms with Crippen LogP contribution in [0.25, 0.3) is 0 Å². The lowest BCUT2D eigenvalue weighted by atomic mass is 9.93. The second-order valence-electron chi connectivity index (χ2n) is 10.6. The number of nitrogens with two attached hydrogens (primary N) is 1. The normalized spacial score (nSPS) is 11.2. The Labute approximate surface area is 221 Å². The van der Waals surface area contributed by atoms with E-state index < -0.39 is 5.91 Å². The summed E-state index contributed by atoms with van der Waals surface area (Å²) in [5.41, 5.74) is 7.37. The van der Waals surface area contributed by atoms with E-state index in [2.05, 4.69) is 13.8 Å². The van der Waals surface area contributed by atoms with Gasteiger partial charge in [0.2, 0.25) is 5.91 Å². The summed E-state index contributed by atoms with van der Waals surface area (Å²) in [7, 11) is 0. The highest BCUT2D eigenvalue weighted by molar-refractivity contribution is 5.95. The molecule has 1 aromatic carbocycles.